The van der Waals surface area contributed by atoms with Crippen molar-refractivity contribution in [2.24, 2.45) is 11.8 Å². The number of hydrogen-bond donors (Lipinski definition) is 0. The van der Waals surface area contributed by atoms with E-state index in [1.54, 1.807) is 6.08 Å². The summed E-state index contributed by atoms with van der Waals surface area (Å²) in [6, 6.07) is 0. The van der Waals surface area contributed by atoms with E-state index in [1.807, 2.05) is 0 Å². The molecule has 1 unspecified atom stereocenters. The Bertz CT molecular complexity index is 585. The van der Waals surface area contributed by atoms with Crippen molar-refractivity contribution in [1.82, 2.24) is 4.90 Å². The van der Waals surface area contributed by atoms with Gasteiger partial charge in [0.2, 0.25) is 0 Å². The number of allylic oxidation sites excluding steroid dienone is 2. The monoisotopic (exact) mass is 389 g/mol. The molecule has 1 amide bonds. The Kier molecular flexibility index (Phi) is 7.29. The topological polar surface area (TPSA) is 82.1 Å². The van der Waals surface area contributed by atoms with Gasteiger partial charge in [0.05, 0.1) is 27.4 Å². The van der Waals surface area contributed by atoms with E-state index in [2.05, 4.69) is 9.47 Å². The van der Waals surface area contributed by atoms with Gasteiger partial charge in [-0.25, -0.2) is 0 Å². The Balaban J connectivity index is 2.06. The molecule has 7 nitrogen and oxygen atoms in total. The molecule has 0 N–H and O–H groups in total. The highest BCUT2D eigenvalue weighted by Crippen LogP contribution is 2.37. The first-order chi connectivity index (χ1) is 12.8. The maximum atomic E-state index is 14.5. The first kappa shape index (κ1) is 21.3. The molecule has 0 radical (unpaired) electrons. The van der Waals surface area contributed by atoms with Crippen LogP contribution in [0, 0.1) is 11.8 Å². The van der Waals surface area contributed by atoms with Crippen LogP contribution in [0.3, 0.4) is 0 Å². The lowest BCUT2D eigenvalue weighted by Crippen LogP contribution is -2.49. The van der Waals surface area contributed by atoms with Gasteiger partial charge in [-0.15, -0.1) is 0 Å². The number of methoxy groups -OCH3 is 2. The molecular weight excluding hydrogens is 364 g/mol. The molecule has 1 saturated heterocycles. The molecule has 2 rings (SSSR count). The number of alkyl halides is 2. The Morgan fingerprint density at radius 3 is 2.37 bits per heavy atom. The molecule has 9 heteroatoms. The average Bonchev–Trinajstić information content (AvgIpc) is 2.67. The number of halogens is 2. The first-order valence-corrected chi connectivity index (χ1v) is 8.88. The van der Waals surface area contributed by atoms with E-state index >= 15 is 0 Å². The molecule has 27 heavy (non-hydrogen) atoms. The van der Waals surface area contributed by atoms with Crippen LogP contribution in [-0.4, -0.2) is 69.2 Å². The summed E-state index contributed by atoms with van der Waals surface area (Å²) < 4.78 is 43.4. The fourth-order valence-corrected chi connectivity index (χ4v) is 3.55. The molecule has 0 bridgehead atoms. The Hall–Kier alpha value is -2.03. The highest BCUT2D eigenvalue weighted by molar-refractivity contribution is 5.95. The van der Waals surface area contributed by atoms with Crippen LogP contribution in [0.4, 0.5) is 8.78 Å². The number of rotatable bonds is 6. The van der Waals surface area contributed by atoms with E-state index in [-0.39, 0.29) is 32.7 Å². The summed E-state index contributed by atoms with van der Waals surface area (Å²) >= 11 is 0. The lowest BCUT2D eigenvalue weighted by molar-refractivity contribution is -0.163. The van der Waals surface area contributed by atoms with Gasteiger partial charge in [-0.1, -0.05) is 11.6 Å². The number of nitrogens with zero attached hydrogens (tertiary/aromatic N) is 1. The van der Waals surface area contributed by atoms with Crippen molar-refractivity contribution in [3.05, 3.63) is 11.6 Å². The van der Waals surface area contributed by atoms with Gasteiger partial charge in [-0.2, -0.15) is 8.78 Å². The molecule has 1 heterocycles. The van der Waals surface area contributed by atoms with Crippen LogP contribution >= 0.6 is 0 Å². The number of morpholine rings is 1. The molecule has 0 spiro atoms. The summed E-state index contributed by atoms with van der Waals surface area (Å²) in [5, 5.41) is 0. The molecule has 0 aromatic rings. The molecular formula is C18H25F2NO6. The lowest BCUT2D eigenvalue weighted by Gasteiger charge is -2.32. The summed E-state index contributed by atoms with van der Waals surface area (Å²) in [5.41, 5.74) is 0.357. The van der Waals surface area contributed by atoms with Crippen LogP contribution in [0.25, 0.3) is 0 Å². The average molecular weight is 389 g/mol. The molecule has 1 atom stereocenters. The van der Waals surface area contributed by atoms with E-state index in [1.165, 1.54) is 0 Å². The molecule has 1 aliphatic heterocycles. The minimum absolute atomic E-state index is 0.112. The van der Waals surface area contributed by atoms with Crippen molar-refractivity contribution in [1.29, 1.82) is 0 Å². The third-order valence-electron chi connectivity index (χ3n) is 4.94. The highest BCUT2D eigenvalue weighted by atomic mass is 19.3. The first-order valence-electron chi connectivity index (χ1n) is 8.88. The second-order valence-electron chi connectivity index (χ2n) is 6.71. The SMILES string of the molecule is COC(=O)C(C(=O)OC)C1CCC=C(CC(F)(F)C(=O)N2CCOCC2)C1. The maximum Gasteiger partial charge on any atom is 0.328 e. The minimum Gasteiger partial charge on any atom is -0.468 e. The van der Waals surface area contributed by atoms with Crippen LogP contribution in [0.2, 0.25) is 0 Å². The Morgan fingerprint density at radius 1 is 1.22 bits per heavy atom. The van der Waals surface area contributed by atoms with Crippen molar-refractivity contribution < 1.29 is 37.4 Å². The molecule has 1 fully saturated rings. The zero-order valence-corrected chi connectivity index (χ0v) is 15.5. The fourth-order valence-electron chi connectivity index (χ4n) is 3.55. The van der Waals surface area contributed by atoms with Crippen LogP contribution in [0.1, 0.15) is 25.7 Å². The molecule has 1 aliphatic carbocycles. The minimum atomic E-state index is -3.54. The molecule has 0 aromatic carbocycles. The zero-order chi connectivity index (χ0) is 20.0. The van der Waals surface area contributed by atoms with Crippen LogP contribution in [0.15, 0.2) is 11.6 Å². The molecule has 2 aliphatic rings. The Morgan fingerprint density at radius 2 is 1.81 bits per heavy atom. The van der Waals surface area contributed by atoms with Gasteiger partial charge in [0.15, 0.2) is 5.92 Å². The standard InChI is InChI=1S/C18H25F2NO6/c1-25-15(22)14(16(23)26-2)13-5-3-4-12(10-13)11-18(19,20)17(24)21-6-8-27-9-7-21/h4,13-14H,3,5-11H2,1-2H3. The number of hydrogen-bond acceptors (Lipinski definition) is 6. The lowest BCUT2D eigenvalue weighted by atomic mass is 9.78. The van der Waals surface area contributed by atoms with E-state index < -0.39 is 42.0 Å². The van der Waals surface area contributed by atoms with E-state index in [9.17, 15) is 23.2 Å². The second-order valence-corrected chi connectivity index (χ2v) is 6.71. The zero-order valence-electron chi connectivity index (χ0n) is 15.5. The summed E-state index contributed by atoms with van der Waals surface area (Å²) in [5.74, 6) is -7.91. The molecule has 0 saturated carbocycles. The predicted octanol–water partition coefficient (Wildman–Crippen LogP) is 1.56. The van der Waals surface area contributed by atoms with Crippen LogP contribution in [-0.2, 0) is 28.6 Å². The fraction of sp³-hybridized carbons (Fsp3) is 0.722. The van der Waals surface area contributed by atoms with E-state index in [0.717, 1.165) is 19.1 Å². The summed E-state index contributed by atoms with van der Waals surface area (Å²) in [7, 11) is 2.32. The number of esters is 2. The predicted molar refractivity (Wildman–Crippen MR) is 89.9 cm³/mol. The quantitative estimate of drug-likeness (QED) is 0.390. The normalized spacial score (nSPS) is 20.9. The third kappa shape index (κ3) is 5.24. The maximum absolute atomic E-state index is 14.5. The van der Waals surface area contributed by atoms with Crippen molar-refractivity contribution in [2.75, 3.05) is 40.5 Å². The van der Waals surface area contributed by atoms with E-state index in [0.29, 0.717) is 18.4 Å². The van der Waals surface area contributed by atoms with Gasteiger partial charge in [0, 0.05) is 19.5 Å². The van der Waals surface area contributed by atoms with Crippen molar-refractivity contribution in [3.8, 4) is 0 Å². The highest BCUT2D eigenvalue weighted by Gasteiger charge is 2.45. The smallest absolute Gasteiger partial charge is 0.328 e. The number of ether oxygens (including phenoxy) is 3. The summed E-state index contributed by atoms with van der Waals surface area (Å²) in [4.78, 5) is 37.2. The number of carbonyl (C=O) groups excluding carboxylic acids is 3. The number of amides is 1. The Labute approximate surface area is 156 Å². The van der Waals surface area contributed by atoms with Gasteiger partial charge < -0.3 is 19.1 Å². The number of carbonyl (C=O) groups is 3. The molecule has 152 valence electrons. The summed E-state index contributed by atoms with van der Waals surface area (Å²) in [6.07, 6.45) is 1.95. The van der Waals surface area contributed by atoms with Crippen LogP contribution in [0.5, 0.6) is 0 Å². The van der Waals surface area contributed by atoms with E-state index in [4.69, 9.17) is 4.74 Å². The van der Waals surface area contributed by atoms with Gasteiger partial charge in [0.1, 0.15) is 0 Å². The second kappa shape index (κ2) is 9.25. The summed E-state index contributed by atoms with van der Waals surface area (Å²) in [6.45, 7) is 0.769. The third-order valence-corrected chi connectivity index (χ3v) is 4.94. The molecule has 0 aromatic heterocycles. The van der Waals surface area contributed by atoms with Crippen molar-refractivity contribution >= 4 is 17.8 Å². The van der Waals surface area contributed by atoms with Gasteiger partial charge in [-0.3, -0.25) is 14.4 Å². The van der Waals surface area contributed by atoms with Crippen molar-refractivity contribution in [3.63, 3.8) is 0 Å². The van der Waals surface area contributed by atoms with Crippen molar-refractivity contribution in [2.45, 2.75) is 31.6 Å². The van der Waals surface area contributed by atoms with Gasteiger partial charge in [-0.05, 0) is 25.2 Å². The van der Waals surface area contributed by atoms with Gasteiger partial charge >= 0.3 is 17.9 Å². The van der Waals surface area contributed by atoms with Crippen LogP contribution < -0.4 is 0 Å². The largest absolute Gasteiger partial charge is 0.468 e. The van der Waals surface area contributed by atoms with Gasteiger partial charge in [0.25, 0.3) is 5.91 Å².